The van der Waals surface area contributed by atoms with Crippen LogP contribution in [0.3, 0.4) is 0 Å². The van der Waals surface area contributed by atoms with Gasteiger partial charge in [-0.05, 0) is 30.5 Å². The molecule has 4 heteroatoms. The summed E-state index contributed by atoms with van der Waals surface area (Å²) in [6.45, 7) is 0.822. The molecule has 0 bridgehead atoms. The first-order valence-corrected chi connectivity index (χ1v) is 8.89. The van der Waals surface area contributed by atoms with Gasteiger partial charge in [-0.15, -0.1) is 0 Å². The molecule has 0 radical (unpaired) electrons. The van der Waals surface area contributed by atoms with Crippen molar-refractivity contribution >= 4 is 28.9 Å². The Kier molecular flexibility index (Phi) is 5.34. The maximum Gasteiger partial charge on any atom is 0.152 e. The van der Waals surface area contributed by atoms with E-state index in [0.717, 1.165) is 12.2 Å². The number of anilines is 1. The highest BCUT2D eigenvalue weighted by atomic mass is 35.5. The van der Waals surface area contributed by atoms with Gasteiger partial charge in [-0.2, -0.15) is 0 Å². The van der Waals surface area contributed by atoms with E-state index in [4.69, 9.17) is 23.2 Å². The number of hydrogen-bond acceptors (Lipinski definition) is 2. The second kappa shape index (κ2) is 7.46. The van der Waals surface area contributed by atoms with Crippen molar-refractivity contribution in [3.8, 4) is 5.75 Å². The Morgan fingerprint density at radius 3 is 2.17 bits per heavy atom. The van der Waals surface area contributed by atoms with Crippen LogP contribution in [0.1, 0.15) is 37.7 Å². The van der Waals surface area contributed by atoms with Gasteiger partial charge in [-0.1, -0.05) is 72.8 Å². The number of benzene rings is 2. The lowest BCUT2D eigenvalue weighted by Crippen LogP contribution is -2.36. The highest BCUT2D eigenvalue weighted by Crippen LogP contribution is 2.38. The highest BCUT2D eigenvalue weighted by Gasteiger charge is 2.23. The Hall–Kier alpha value is -1.38. The van der Waals surface area contributed by atoms with E-state index in [9.17, 15) is 5.11 Å². The van der Waals surface area contributed by atoms with Crippen molar-refractivity contribution in [1.82, 2.24) is 0 Å². The summed E-state index contributed by atoms with van der Waals surface area (Å²) >= 11 is 12.3. The predicted molar refractivity (Wildman–Crippen MR) is 97.6 cm³/mol. The Morgan fingerprint density at radius 2 is 1.57 bits per heavy atom. The normalized spacial score (nSPS) is 15.6. The maximum atomic E-state index is 9.83. The fraction of sp³-hybridized carbons (Fsp3) is 0.368. The third-order valence-corrected chi connectivity index (χ3v) is 5.12. The van der Waals surface area contributed by atoms with Gasteiger partial charge in [0.25, 0.3) is 0 Å². The Balaban J connectivity index is 1.94. The molecule has 0 unspecified atom stereocenters. The average molecular weight is 350 g/mol. The molecule has 1 aliphatic carbocycles. The lowest BCUT2D eigenvalue weighted by Gasteiger charge is -2.36. The summed E-state index contributed by atoms with van der Waals surface area (Å²) in [5, 5.41) is 10.4. The molecule has 1 fully saturated rings. The van der Waals surface area contributed by atoms with Gasteiger partial charge in [0.15, 0.2) is 5.75 Å². The third-order valence-electron chi connectivity index (χ3n) is 4.54. The molecule has 2 aromatic carbocycles. The minimum Gasteiger partial charge on any atom is -0.505 e. The number of halogens is 2. The summed E-state index contributed by atoms with van der Waals surface area (Å²) in [5.41, 5.74) is 2.24. The quantitative estimate of drug-likeness (QED) is 0.727. The number of hydrogen-bond donors (Lipinski definition) is 1. The van der Waals surface area contributed by atoms with Crippen molar-refractivity contribution in [2.24, 2.45) is 0 Å². The lowest BCUT2D eigenvalue weighted by atomic mass is 9.93. The molecule has 0 aromatic heterocycles. The van der Waals surface area contributed by atoms with Crippen molar-refractivity contribution in [2.75, 3.05) is 4.90 Å². The van der Waals surface area contributed by atoms with E-state index in [2.05, 4.69) is 29.2 Å². The van der Waals surface area contributed by atoms with Crippen LogP contribution >= 0.6 is 23.2 Å². The Bertz CT molecular complexity index is 631. The first kappa shape index (κ1) is 16.5. The average Bonchev–Trinajstić information content (AvgIpc) is 2.59. The molecule has 0 saturated heterocycles. The molecule has 1 aliphatic rings. The topological polar surface area (TPSA) is 23.5 Å². The number of aromatic hydroxyl groups is 1. The van der Waals surface area contributed by atoms with E-state index in [1.54, 1.807) is 0 Å². The standard InChI is InChI=1S/C19H21Cl2NO/c20-17-11-16(12-18(21)19(17)23)22(15-9-5-2-6-10-15)13-14-7-3-1-4-8-14/h1,3-4,7-8,11-12,15,23H,2,5-6,9-10,13H2. The molecule has 0 heterocycles. The molecule has 23 heavy (non-hydrogen) atoms. The molecule has 2 nitrogen and oxygen atoms in total. The van der Waals surface area contributed by atoms with Crippen molar-refractivity contribution in [1.29, 1.82) is 0 Å². The van der Waals surface area contributed by atoms with Gasteiger partial charge in [0, 0.05) is 18.3 Å². The number of nitrogens with zero attached hydrogens (tertiary/aromatic N) is 1. The van der Waals surface area contributed by atoms with E-state index in [1.807, 2.05) is 18.2 Å². The van der Waals surface area contributed by atoms with Crippen LogP contribution in [0.2, 0.25) is 10.0 Å². The van der Waals surface area contributed by atoms with Crippen LogP contribution in [0.25, 0.3) is 0 Å². The highest BCUT2D eigenvalue weighted by molar-refractivity contribution is 6.37. The van der Waals surface area contributed by atoms with Gasteiger partial charge in [0.05, 0.1) is 10.0 Å². The molecule has 3 rings (SSSR count). The predicted octanol–water partition coefficient (Wildman–Crippen LogP) is 6.04. The van der Waals surface area contributed by atoms with E-state index in [-0.39, 0.29) is 5.75 Å². The summed E-state index contributed by atoms with van der Waals surface area (Å²) in [6, 6.07) is 14.6. The van der Waals surface area contributed by atoms with E-state index >= 15 is 0 Å². The van der Waals surface area contributed by atoms with Crippen LogP contribution in [-0.4, -0.2) is 11.1 Å². The fourth-order valence-corrected chi connectivity index (χ4v) is 3.80. The number of phenolic OH excluding ortho intramolecular Hbond substituents is 1. The molecule has 0 atom stereocenters. The monoisotopic (exact) mass is 349 g/mol. The van der Waals surface area contributed by atoms with Crippen LogP contribution in [0.5, 0.6) is 5.75 Å². The molecule has 1 saturated carbocycles. The minimum atomic E-state index is -0.0413. The molecule has 0 amide bonds. The molecule has 122 valence electrons. The SMILES string of the molecule is Oc1c(Cl)cc(N(Cc2ccccc2)C2CCCCC2)cc1Cl. The van der Waals surface area contributed by atoms with Crippen molar-refractivity contribution in [3.63, 3.8) is 0 Å². The molecule has 0 spiro atoms. The zero-order valence-electron chi connectivity index (χ0n) is 13.0. The van der Waals surface area contributed by atoms with Crippen LogP contribution in [0, 0.1) is 0 Å². The summed E-state index contributed by atoms with van der Waals surface area (Å²) in [7, 11) is 0. The maximum absolute atomic E-state index is 9.83. The molecular formula is C19H21Cl2NO. The fourth-order valence-electron chi connectivity index (χ4n) is 3.32. The summed E-state index contributed by atoms with van der Waals surface area (Å²) in [5.74, 6) is -0.0413. The summed E-state index contributed by atoms with van der Waals surface area (Å²) in [4.78, 5) is 2.38. The lowest BCUT2D eigenvalue weighted by molar-refractivity contribution is 0.413. The van der Waals surface area contributed by atoms with Crippen LogP contribution in [0.4, 0.5) is 5.69 Å². The Morgan fingerprint density at radius 1 is 0.957 bits per heavy atom. The summed E-state index contributed by atoms with van der Waals surface area (Å²) in [6.07, 6.45) is 6.20. The first-order chi connectivity index (χ1) is 11.1. The van der Waals surface area contributed by atoms with E-state index in [1.165, 1.54) is 37.7 Å². The molecule has 0 aliphatic heterocycles. The van der Waals surface area contributed by atoms with Gasteiger partial charge >= 0.3 is 0 Å². The zero-order valence-corrected chi connectivity index (χ0v) is 14.5. The van der Waals surface area contributed by atoms with E-state index in [0.29, 0.717) is 16.1 Å². The largest absolute Gasteiger partial charge is 0.505 e. The van der Waals surface area contributed by atoms with Crippen molar-refractivity contribution in [2.45, 2.75) is 44.7 Å². The van der Waals surface area contributed by atoms with Gasteiger partial charge < -0.3 is 10.0 Å². The van der Waals surface area contributed by atoms with Crippen molar-refractivity contribution < 1.29 is 5.11 Å². The number of rotatable bonds is 4. The van der Waals surface area contributed by atoms with Crippen LogP contribution in [0.15, 0.2) is 42.5 Å². The zero-order chi connectivity index (χ0) is 16.2. The van der Waals surface area contributed by atoms with Gasteiger partial charge in [0.1, 0.15) is 0 Å². The Labute approximate surface area is 147 Å². The van der Waals surface area contributed by atoms with E-state index < -0.39 is 0 Å². The minimum absolute atomic E-state index is 0.0413. The molecular weight excluding hydrogens is 329 g/mol. The first-order valence-electron chi connectivity index (χ1n) is 8.14. The summed E-state index contributed by atoms with van der Waals surface area (Å²) < 4.78 is 0. The van der Waals surface area contributed by atoms with Gasteiger partial charge in [-0.3, -0.25) is 0 Å². The van der Waals surface area contributed by atoms with Crippen LogP contribution < -0.4 is 4.90 Å². The van der Waals surface area contributed by atoms with Gasteiger partial charge in [-0.25, -0.2) is 0 Å². The van der Waals surface area contributed by atoms with Crippen molar-refractivity contribution in [3.05, 3.63) is 58.1 Å². The molecule has 1 N–H and O–H groups in total. The second-order valence-electron chi connectivity index (χ2n) is 6.16. The number of phenols is 1. The van der Waals surface area contributed by atoms with Crippen LogP contribution in [-0.2, 0) is 6.54 Å². The second-order valence-corrected chi connectivity index (χ2v) is 6.98. The van der Waals surface area contributed by atoms with Gasteiger partial charge in [0.2, 0.25) is 0 Å². The third kappa shape index (κ3) is 3.94. The molecule has 2 aromatic rings. The smallest absolute Gasteiger partial charge is 0.152 e.